The minimum atomic E-state index is -0.449. The Morgan fingerprint density at radius 1 is 1.30 bits per heavy atom. The van der Waals surface area contributed by atoms with E-state index in [0.717, 1.165) is 33.7 Å². The highest BCUT2D eigenvalue weighted by Gasteiger charge is 2.34. The third-order valence-electron chi connectivity index (χ3n) is 3.90. The van der Waals surface area contributed by atoms with Gasteiger partial charge in [0.2, 0.25) is 0 Å². The zero-order valence-electron chi connectivity index (χ0n) is 13.9. The smallest absolute Gasteiger partial charge is 0.285 e. The highest BCUT2D eigenvalue weighted by molar-refractivity contribution is 8.26. The summed E-state index contributed by atoms with van der Waals surface area (Å²) in [6.07, 6.45) is 6.70. The van der Waals surface area contributed by atoms with Crippen LogP contribution in [0, 0.1) is 0 Å². The van der Waals surface area contributed by atoms with E-state index in [-0.39, 0.29) is 10.2 Å². The van der Waals surface area contributed by atoms with E-state index in [9.17, 15) is 9.59 Å². The number of rotatable bonds is 3. The first-order valence-electron chi connectivity index (χ1n) is 8.03. The Bertz CT molecular complexity index is 1000. The highest BCUT2D eigenvalue weighted by atomic mass is 32.2. The number of para-hydroxylation sites is 1. The number of ether oxygens (including phenoxy) is 1. The summed E-state index contributed by atoms with van der Waals surface area (Å²) in [5.74, 6) is -0.0114. The van der Waals surface area contributed by atoms with E-state index in [1.807, 2.05) is 30.3 Å². The lowest BCUT2D eigenvalue weighted by molar-refractivity contribution is -0.123. The fourth-order valence-electron chi connectivity index (χ4n) is 2.61. The van der Waals surface area contributed by atoms with Gasteiger partial charge in [0.1, 0.15) is 12.4 Å². The van der Waals surface area contributed by atoms with E-state index in [1.54, 1.807) is 24.4 Å². The fraction of sp³-hybridized carbons (Fsp3) is 0.0526. The second-order valence-corrected chi connectivity index (χ2v) is 7.42. The molecule has 2 aliphatic heterocycles. The molecule has 134 valence electrons. The topological polar surface area (TPSA) is 71.5 Å². The Hall–Kier alpha value is -2.97. The molecule has 4 rings (SSSR count). The summed E-state index contributed by atoms with van der Waals surface area (Å²) in [5, 5.41) is 1.08. The van der Waals surface area contributed by atoms with Gasteiger partial charge in [-0.1, -0.05) is 30.0 Å². The molecule has 0 unspecified atom stereocenters. The van der Waals surface area contributed by atoms with E-state index < -0.39 is 5.91 Å². The van der Waals surface area contributed by atoms with Crippen LogP contribution in [0.3, 0.4) is 0 Å². The molecule has 2 aliphatic rings. The van der Waals surface area contributed by atoms with Crippen LogP contribution in [-0.4, -0.2) is 32.7 Å². The number of thioether (sulfide) groups is 1. The Morgan fingerprint density at radius 2 is 2.15 bits per heavy atom. The van der Waals surface area contributed by atoms with Crippen molar-refractivity contribution in [1.29, 1.82) is 0 Å². The van der Waals surface area contributed by atoms with Gasteiger partial charge in [0, 0.05) is 18.0 Å². The number of hydrogen-bond acceptors (Lipinski definition) is 6. The van der Waals surface area contributed by atoms with E-state index >= 15 is 0 Å². The van der Waals surface area contributed by atoms with Crippen LogP contribution in [0.5, 0.6) is 5.75 Å². The molecule has 1 saturated heterocycles. The summed E-state index contributed by atoms with van der Waals surface area (Å²) in [5.41, 5.74) is 4.68. The quantitative estimate of drug-likeness (QED) is 0.636. The van der Waals surface area contributed by atoms with Crippen molar-refractivity contribution in [2.45, 2.75) is 0 Å². The molecular weight excluding hydrogens is 382 g/mol. The average molecular weight is 395 g/mol. The summed E-state index contributed by atoms with van der Waals surface area (Å²) < 4.78 is 5.97. The molecule has 0 aliphatic carbocycles. The van der Waals surface area contributed by atoms with E-state index in [1.165, 1.54) is 6.20 Å². The van der Waals surface area contributed by atoms with Crippen LogP contribution >= 0.6 is 24.0 Å². The number of amides is 2. The van der Waals surface area contributed by atoms with Crippen molar-refractivity contribution in [3.8, 4) is 5.75 Å². The molecule has 8 heteroatoms. The van der Waals surface area contributed by atoms with Crippen LogP contribution in [-0.2, 0) is 4.79 Å². The first kappa shape index (κ1) is 17.4. The van der Waals surface area contributed by atoms with Crippen LogP contribution in [0.15, 0.2) is 65.3 Å². The molecule has 0 bridgehead atoms. The summed E-state index contributed by atoms with van der Waals surface area (Å²) in [4.78, 5) is 29.2. The normalized spacial score (nSPS) is 17.4. The largest absolute Gasteiger partial charge is 0.488 e. The second kappa shape index (κ2) is 7.34. The standard InChI is InChI=1S/C19H13N3O3S2/c23-17(14-5-3-7-20-10-14)21-22-18(24)16(27-19(22)26)9-12-8-13-4-1-2-6-15(13)25-11-12/h1-10H,11H2,(H,21,23)/b16-9+. The van der Waals surface area contributed by atoms with Crippen LogP contribution < -0.4 is 10.2 Å². The predicted octanol–water partition coefficient (Wildman–Crippen LogP) is 2.95. The van der Waals surface area contributed by atoms with Crippen LogP contribution in [0.4, 0.5) is 0 Å². The summed E-state index contributed by atoms with van der Waals surface area (Å²) >= 11 is 6.38. The number of nitrogens with one attached hydrogen (secondary N) is 1. The lowest BCUT2D eigenvalue weighted by Crippen LogP contribution is -2.44. The lowest BCUT2D eigenvalue weighted by atomic mass is 10.1. The number of thiocarbonyl (C=S) groups is 1. The molecular formula is C19H13N3O3S2. The maximum absolute atomic E-state index is 12.7. The van der Waals surface area contributed by atoms with Crippen molar-refractivity contribution in [3.05, 3.63) is 76.5 Å². The molecule has 0 spiro atoms. The molecule has 27 heavy (non-hydrogen) atoms. The number of hydrogen-bond donors (Lipinski definition) is 1. The second-order valence-electron chi connectivity index (χ2n) is 5.75. The van der Waals surface area contributed by atoms with Gasteiger partial charge in [0.25, 0.3) is 11.8 Å². The number of fused-ring (bicyclic) bond motifs is 1. The van der Waals surface area contributed by atoms with Gasteiger partial charge in [0.05, 0.1) is 10.5 Å². The minimum Gasteiger partial charge on any atom is -0.488 e. The Balaban J connectivity index is 1.52. The van der Waals surface area contributed by atoms with Gasteiger partial charge in [-0.05, 0) is 48.1 Å². The van der Waals surface area contributed by atoms with E-state index in [0.29, 0.717) is 17.1 Å². The molecule has 1 fully saturated rings. The third-order valence-corrected chi connectivity index (χ3v) is 5.20. The molecule has 2 aromatic rings. The number of carbonyl (C=O) groups is 2. The van der Waals surface area contributed by atoms with Crippen molar-refractivity contribution in [2.24, 2.45) is 0 Å². The van der Waals surface area contributed by atoms with Crippen molar-refractivity contribution < 1.29 is 14.3 Å². The first-order chi connectivity index (χ1) is 13.1. The molecule has 0 radical (unpaired) electrons. The van der Waals surface area contributed by atoms with Crippen molar-refractivity contribution in [2.75, 3.05) is 6.61 Å². The maximum atomic E-state index is 12.7. The van der Waals surface area contributed by atoms with E-state index in [2.05, 4.69) is 10.4 Å². The maximum Gasteiger partial charge on any atom is 0.285 e. The van der Waals surface area contributed by atoms with Gasteiger partial charge in [-0.25, -0.2) is 0 Å². The summed E-state index contributed by atoms with van der Waals surface area (Å²) in [6.45, 7) is 0.364. The lowest BCUT2D eigenvalue weighted by Gasteiger charge is -2.16. The molecule has 2 amide bonds. The number of nitrogens with zero attached hydrogens (tertiary/aromatic N) is 2. The highest BCUT2D eigenvalue weighted by Crippen LogP contribution is 2.33. The van der Waals surface area contributed by atoms with Crippen molar-refractivity contribution >= 4 is 46.2 Å². The van der Waals surface area contributed by atoms with Gasteiger partial charge in [-0.3, -0.25) is 20.0 Å². The van der Waals surface area contributed by atoms with Gasteiger partial charge in [-0.15, -0.1) is 0 Å². The number of pyridine rings is 1. The third kappa shape index (κ3) is 3.62. The zero-order valence-corrected chi connectivity index (χ0v) is 15.5. The minimum absolute atomic E-state index is 0.265. The van der Waals surface area contributed by atoms with E-state index in [4.69, 9.17) is 17.0 Å². The predicted molar refractivity (Wildman–Crippen MR) is 107 cm³/mol. The SMILES string of the molecule is O=C(NN1C(=O)/C(=C\C2=Cc3ccccc3OC2)SC1=S)c1cccnc1. The van der Waals surface area contributed by atoms with Gasteiger partial charge >= 0.3 is 0 Å². The number of benzene rings is 1. The Labute approximate surface area is 164 Å². The molecule has 1 aromatic heterocycles. The molecule has 3 heterocycles. The molecule has 0 saturated carbocycles. The summed E-state index contributed by atoms with van der Waals surface area (Å²) in [6, 6.07) is 10.9. The molecule has 0 atom stereocenters. The average Bonchev–Trinajstić information content (AvgIpc) is 2.96. The van der Waals surface area contributed by atoms with Crippen molar-refractivity contribution in [3.63, 3.8) is 0 Å². The number of carbonyl (C=O) groups excluding carboxylic acids is 2. The first-order valence-corrected chi connectivity index (χ1v) is 9.26. The van der Waals surface area contributed by atoms with Crippen LogP contribution in [0.25, 0.3) is 6.08 Å². The number of hydrazine groups is 1. The van der Waals surface area contributed by atoms with Crippen molar-refractivity contribution in [1.82, 2.24) is 15.4 Å². The monoisotopic (exact) mass is 395 g/mol. The Kier molecular flexibility index (Phi) is 4.74. The number of aromatic nitrogens is 1. The molecule has 1 aromatic carbocycles. The van der Waals surface area contributed by atoms with Crippen LogP contribution in [0.2, 0.25) is 0 Å². The Morgan fingerprint density at radius 3 is 2.96 bits per heavy atom. The van der Waals surface area contributed by atoms with Gasteiger partial charge < -0.3 is 4.74 Å². The van der Waals surface area contributed by atoms with Crippen LogP contribution in [0.1, 0.15) is 15.9 Å². The van der Waals surface area contributed by atoms with Gasteiger partial charge in [-0.2, -0.15) is 5.01 Å². The fourth-order valence-corrected chi connectivity index (χ4v) is 3.81. The molecule has 6 nitrogen and oxygen atoms in total. The summed E-state index contributed by atoms with van der Waals surface area (Å²) in [7, 11) is 0. The van der Waals surface area contributed by atoms with Gasteiger partial charge in [0.15, 0.2) is 4.32 Å². The zero-order chi connectivity index (χ0) is 18.8. The molecule has 1 N–H and O–H groups in total.